The molecule has 1 saturated heterocycles. The van der Waals surface area contributed by atoms with Gasteiger partial charge in [-0.1, -0.05) is 0 Å². The molecule has 1 fully saturated rings. The highest BCUT2D eigenvalue weighted by Gasteiger charge is 2.29. The van der Waals surface area contributed by atoms with Crippen LogP contribution in [0.2, 0.25) is 0 Å². The van der Waals surface area contributed by atoms with Crippen molar-refractivity contribution in [3.05, 3.63) is 29.8 Å². The van der Waals surface area contributed by atoms with Crippen LogP contribution in [0.25, 0.3) is 0 Å². The Kier molecular flexibility index (Phi) is 3.91. The van der Waals surface area contributed by atoms with Crippen molar-refractivity contribution in [1.29, 1.82) is 0 Å². The Balaban J connectivity index is 2.21. The minimum absolute atomic E-state index is 0.0366. The minimum atomic E-state index is -0.491. The zero-order chi connectivity index (χ0) is 13.1. The Bertz CT molecular complexity index is 436. The van der Waals surface area contributed by atoms with Gasteiger partial charge in [-0.25, -0.2) is 4.39 Å². The number of carbonyl (C=O) groups excluding carboxylic acids is 1. The lowest BCUT2D eigenvalue weighted by Gasteiger charge is -2.38. The summed E-state index contributed by atoms with van der Waals surface area (Å²) in [5.41, 5.74) is 6.21. The second kappa shape index (κ2) is 5.44. The number of rotatable bonds is 2. The number of halogens is 1. The van der Waals surface area contributed by atoms with E-state index in [1.165, 1.54) is 12.3 Å². The minimum Gasteiger partial charge on any atom is -0.334 e. The summed E-state index contributed by atoms with van der Waals surface area (Å²) in [6.07, 6.45) is 5.45. The van der Waals surface area contributed by atoms with Gasteiger partial charge in [0.05, 0.1) is 11.8 Å². The van der Waals surface area contributed by atoms with Gasteiger partial charge in [0.15, 0.2) is 0 Å². The Morgan fingerprint density at radius 3 is 3.00 bits per heavy atom. The summed E-state index contributed by atoms with van der Waals surface area (Å²) in [4.78, 5) is 17.8. The summed E-state index contributed by atoms with van der Waals surface area (Å²) in [6.45, 7) is 2.58. The summed E-state index contributed by atoms with van der Waals surface area (Å²) < 4.78 is 13.1. The standard InChI is InChI=1S/C13H18FN3O/c1-9(15)12-4-2-3-5-17(12)13(18)10-6-11(14)8-16-7-10/h6-9,12H,2-5,15H2,1H3/t9-,12+/m0/s1. The number of amides is 1. The number of nitrogens with zero attached hydrogens (tertiary/aromatic N) is 2. The molecule has 2 heterocycles. The van der Waals surface area contributed by atoms with Gasteiger partial charge in [-0.05, 0) is 32.3 Å². The van der Waals surface area contributed by atoms with Gasteiger partial charge in [0, 0.05) is 24.8 Å². The lowest BCUT2D eigenvalue weighted by molar-refractivity contribution is 0.0583. The number of aromatic nitrogens is 1. The lowest BCUT2D eigenvalue weighted by Crippen LogP contribution is -2.51. The molecule has 2 atom stereocenters. The normalized spacial score (nSPS) is 21.7. The van der Waals surface area contributed by atoms with Crippen molar-refractivity contribution in [3.63, 3.8) is 0 Å². The van der Waals surface area contributed by atoms with E-state index in [0.29, 0.717) is 12.1 Å². The smallest absolute Gasteiger partial charge is 0.255 e. The molecule has 0 radical (unpaired) electrons. The van der Waals surface area contributed by atoms with E-state index in [2.05, 4.69) is 4.98 Å². The van der Waals surface area contributed by atoms with E-state index in [1.54, 1.807) is 4.90 Å². The van der Waals surface area contributed by atoms with Crippen LogP contribution in [-0.2, 0) is 0 Å². The maximum Gasteiger partial charge on any atom is 0.255 e. The molecule has 2 rings (SSSR count). The Labute approximate surface area is 106 Å². The molecule has 4 nitrogen and oxygen atoms in total. The highest BCUT2D eigenvalue weighted by atomic mass is 19.1. The average molecular weight is 251 g/mol. The first-order valence-electron chi connectivity index (χ1n) is 6.26. The molecule has 18 heavy (non-hydrogen) atoms. The second-order valence-corrected chi connectivity index (χ2v) is 4.81. The Morgan fingerprint density at radius 2 is 2.33 bits per heavy atom. The van der Waals surface area contributed by atoms with E-state index in [9.17, 15) is 9.18 Å². The monoisotopic (exact) mass is 251 g/mol. The van der Waals surface area contributed by atoms with Gasteiger partial charge >= 0.3 is 0 Å². The van der Waals surface area contributed by atoms with Crippen molar-refractivity contribution in [1.82, 2.24) is 9.88 Å². The van der Waals surface area contributed by atoms with Crippen LogP contribution in [0, 0.1) is 5.82 Å². The predicted octanol–water partition coefficient (Wildman–Crippen LogP) is 1.56. The first-order chi connectivity index (χ1) is 8.59. The average Bonchev–Trinajstić information content (AvgIpc) is 2.38. The van der Waals surface area contributed by atoms with Crippen molar-refractivity contribution in [2.45, 2.75) is 38.3 Å². The SMILES string of the molecule is C[C@H](N)[C@H]1CCCCN1C(=O)c1cncc(F)c1. The molecule has 0 spiro atoms. The maximum atomic E-state index is 13.1. The Hall–Kier alpha value is -1.49. The van der Waals surface area contributed by atoms with E-state index in [1.807, 2.05) is 6.92 Å². The molecule has 0 bridgehead atoms. The fourth-order valence-corrected chi connectivity index (χ4v) is 2.45. The third-order valence-corrected chi connectivity index (χ3v) is 3.37. The molecule has 1 aliphatic rings. The van der Waals surface area contributed by atoms with Crippen LogP contribution in [0.1, 0.15) is 36.5 Å². The predicted molar refractivity (Wildman–Crippen MR) is 66.5 cm³/mol. The summed E-state index contributed by atoms with van der Waals surface area (Å²) in [7, 11) is 0. The zero-order valence-corrected chi connectivity index (χ0v) is 10.5. The number of carbonyl (C=O) groups is 1. The van der Waals surface area contributed by atoms with E-state index in [-0.39, 0.29) is 18.0 Å². The van der Waals surface area contributed by atoms with Crippen LogP contribution in [0.15, 0.2) is 18.5 Å². The lowest BCUT2D eigenvalue weighted by atomic mass is 9.96. The first-order valence-corrected chi connectivity index (χ1v) is 6.26. The Morgan fingerprint density at radius 1 is 1.56 bits per heavy atom. The zero-order valence-electron chi connectivity index (χ0n) is 10.5. The molecule has 2 N–H and O–H groups in total. The molecule has 0 aromatic carbocycles. The maximum absolute atomic E-state index is 13.1. The quantitative estimate of drug-likeness (QED) is 0.867. The number of nitrogens with two attached hydrogens (primary N) is 1. The molecule has 0 saturated carbocycles. The number of likely N-dealkylation sites (tertiary alicyclic amines) is 1. The third kappa shape index (κ3) is 2.67. The molecule has 1 amide bonds. The van der Waals surface area contributed by atoms with Crippen LogP contribution in [0.4, 0.5) is 4.39 Å². The van der Waals surface area contributed by atoms with E-state index >= 15 is 0 Å². The molecule has 98 valence electrons. The summed E-state index contributed by atoms with van der Waals surface area (Å²) in [6, 6.07) is 1.19. The molecular formula is C13H18FN3O. The molecule has 1 aromatic heterocycles. The van der Waals surface area contributed by atoms with Crippen LogP contribution < -0.4 is 5.73 Å². The fraction of sp³-hybridized carbons (Fsp3) is 0.538. The van der Waals surface area contributed by atoms with Gasteiger partial charge in [-0.15, -0.1) is 0 Å². The van der Waals surface area contributed by atoms with Crippen molar-refractivity contribution in [2.75, 3.05) is 6.54 Å². The van der Waals surface area contributed by atoms with Crippen molar-refractivity contribution < 1.29 is 9.18 Å². The van der Waals surface area contributed by atoms with Crippen LogP contribution in [0.3, 0.4) is 0 Å². The third-order valence-electron chi connectivity index (χ3n) is 3.37. The van der Waals surface area contributed by atoms with Gasteiger partial charge in [-0.2, -0.15) is 0 Å². The van der Waals surface area contributed by atoms with Gasteiger partial charge in [0.25, 0.3) is 5.91 Å². The molecule has 1 aliphatic heterocycles. The van der Waals surface area contributed by atoms with Gasteiger partial charge < -0.3 is 10.6 Å². The van der Waals surface area contributed by atoms with Crippen molar-refractivity contribution in [2.24, 2.45) is 5.73 Å². The number of piperidine rings is 1. The highest BCUT2D eigenvalue weighted by molar-refractivity contribution is 5.94. The molecule has 1 aromatic rings. The van der Waals surface area contributed by atoms with E-state index < -0.39 is 5.82 Å². The number of hydrogen-bond acceptors (Lipinski definition) is 3. The van der Waals surface area contributed by atoms with Crippen LogP contribution in [-0.4, -0.2) is 34.4 Å². The van der Waals surface area contributed by atoms with E-state index in [4.69, 9.17) is 5.73 Å². The molecule has 5 heteroatoms. The van der Waals surface area contributed by atoms with Gasteiger partial charge in [0.1, 0.15) is 5.82 Å². The van der Waals surface area contributed by atoms with Gasteiger partial charge in [0.2, 0.25) is 0 Å². The topological polar surface area (TPSA) is 59.2 Å². The van der Waals surface area contributed by atoms with Gasteiger partial charge in [-0.3, -0.25) is 9.78 Å². The van der Waals surface area contributed by atoms with Crippen molar-refractivity contribution in [3.8, 4) is 0 Å². The molecular weight excluding hydrogens is 233 g/mol. The fourth-order valence-electron chi connectivity index (χ4n) is 2.45. The molecule has 0 unspecified atom stereocenters. The molecule has 0 aliphatic carbocycles. The second-order valence-electron chi connectivity index (χ2n) is 4.81. The summed E-state index contributed by atoms with van der Waals surface area (Å²) in [5.74, 6) is -0.667. The number of pyridine rings is 1. The number of hydrogen-bond donors (Lipinski definition) is 1. The van der Waals surface area contributed by atoms with Crippen molar-refractivity contribution >= 4 is 5.91 Å². The first kappa shape index (κ1) is 13.0. The summed E-state index contributed by atoms with van der Waals surface area (Å²) in [5, 5.41) is 0. The van der Waals surface area contributed by atoms with Crippen LogP contribution in [0.5, 0.6) is 0 Å². The van der Waals surface area contributed by atoms with E-state index in [0.717, 1.165) is 25.5 Å². The van der Waals surface area contributed by atoms with Crippen LogP contribution >= 0.6 is 0 Å². The summed E-state index contributed by atoms with van der Waals surface area (Å²) >= 11 is 0. The largest absolute Gasteiger partial charge is 0.334 e. The highest BCUT2D eigenvalue weighted by Crippen LogP contribution is 2.21.